The number of ether oxygens (including phenoxy) is 1. The van der Waals surface area contributed by atoms with Gasteiger partial charge in [0.1, 0.15) is 17.3 Å². The number of methoxy groups -OCH3 is 1. The molecule has 3 aromatic carbocycles. The van der Waals surface area contributed by atoms with Gasteiger partial charge in [-0.25, -0.2) is 9.29 Å². The molecule has 1 aliphatic rings. The van der Waals surface area contributed by atoms with Gasteiger partial charge in [0.2, 0.25) is 0 Å². The first-order chi connectivity index (χ1) is 14.9. The van der Waals surface area contributed by atoms with Gasteiger partial charge in [-0.15, -0.1) is 0 Å². The van der Waals surface area contributed by atoms with Crippen molar-refractivity contribution in [3.05, 3.63) is 94.9 Å². The van der Waals surface area contributed by atoms with Crippen molar-refractivity contribution in [2.75, 3.05) is 17.3 Å². The molecule has 2 amide bonds. The fraction of sp³-hybridized carbons (Fsp3) is 0.120. The summed E-state index contributed by atoms with van der Waals surface area (Å²) in [5, 5.41) is 2.97. The Morgan fingerprint density at radius 2 is 1.65 bits per heavy atom. The van der Waals surface area contributed by atoms with Gasteiger partial charge in [-0.3, -0.25) is 9.59 Å². The van der Waals surface area contributed by atoms with Crippen molar-refractivity contribution < 1.29 is 18.7 Å². The largest absolute Gasteiger partial charge is 0.497 e. The number of hydrogen-bond donors (Lipinski definition) is 1. The van der Waals surface area contributed by atoms with Crippen LogP contribution in [0.3, 0.4) is 0 Å². The number of nitrogens with one attached hydrogen (secondary N) is 1. The first-order valence-electron chi connectivity index (χ1n) is 9.76. The number of rotatable bonds is 5. The van der Waals surface area contributed by atoms with Crippen molar-refractivity contribution in [1.29, 1.82) is 0 Å². The molecule has 156 valence electrons. The second kappa shape index (κ2) is 8.07. The van der Waals surface area contributed by atoms with Gasteiger partial charge >= 0.3 is 0 Å². The highest BCUT2D eigenvalue weighted by molar-refractivity contribution is 6.46. The highest BCUT2D eigenvalue weighted by atomic mass is 19.1. The molecule has 5 nitrogen and oxygen atoms in total. The van der Waals surface area contributed by atoms with E-state index in [1.807, 2.05) is 26.0 Å². The van der Waals surface area contributed by atoms with Crippen LogP contribution in [-0.4, -0.2) is 18.9 Å². The molecule has 1 heterocycles. The number of anilines is 2. The van der Waals surface area contributed by atoms with E-state index in [9.17, 15) is 14.0 Å². The second-order valence-electron chi connectivity index (χ2n) is 7.35. The minimum Gasteiger partial charge on any atom is -0.497 e. The first-order valence-corrected chi connectivity index (χ1v) is 9.76. The molecule has 1 N–H and O–H groups in total. The lowest BCUT2D eigenvalue weighted by Crippen LogP contribution is -2.33. The van der Waals surface area contributed by atoms with Crippen molar-refractivity contribution in [3.63, 3.8) is 0 Å². The highest BCUT2D eigenvalue weighted by Crippen LogP contribution is 2.35. The lowest BCUT2D eigenvalue weighted by atomic mass is 10.0. The normalized spacial score (nSPS) is 13.7. The molecule has 0 atom stereocenters. The standard InChI is InChI=1S/C25H21FN2O3/c1-15-7-12-21(16(2)13-15)28-24(29)22(17-8-10-20(31-3)11-9-17)23(25(28)30)27-19-6-4-5-18(26)14-19/h4-14,27H,1-3H3. The Labute approximate surface area is 179 Å². The number of halogens is 1. The molecule has 0 aliphatic carbocycles. The van der Waals surface area contributed by atoms with Crippen LogP contribution in [0.4, 0.5) is 15.8 Å². The zero-order valence-corrected chi connectivity index (χ0v) is 17.4. The van der Waals surface area contributed by atoms with Crippen LogP contribution in [0.2, 0.25) is 0 Å². The Hall–Kier alpha value is -3.93. The smallest absolute Gasteiger partial charge is 0.282 e. The summed E-state index contributed by atoms with van der Waals surface area (Å²) in [4.78, 5) is 28.1. The van der Waals surface area contributed by atoms with Gasteiger partial charge in [-0.2, -0.15) is 0 Å². The van der Waals surface area contributed by atoms with E-state index in [2.05, 4.69) is 5.32 Å². The lowest BCUT2D eigenvalue weighted by molar-refractivity contribution is -0.120. The number of hydrogen-bond acceptors (Lipinski definition) is 4. The fourth-order valence-corrected chi connectivity index (χ4v) is 3.66. The van der Waals surface area contributed by atoms with E-state index in [-0.39, 0.29) is 11.3 Å². The summed E-state index contributed by atoms with van der Waals surface area (Å²) in [7, 11) is 1.55. The summed E-state index contributed by atoms with van der Waals surface area (Å²) in [5.74, 6) is -0.750. The van der Waals surface area contributed by atoms with Crippen molar-refractivity contribution in [3.8, 4) is 5.75 Å². The number of carbonyl (C=O) groups excluding carboxylic acids is 2. The maximum Gasteiger partial charge on any atom is 0.282 e. The monoisotopic (exact) mass is 416 g/mol. The van der Waals surface area contributed by atoms with E-state index in [0.29, 0.717) is 22.7 Å². The molecule has 1 aliphatic heterocycles. The van der Waals surface area contributed by atoms with E-state index < -0.39 is 17.6 Å². The SMILES string of the molecule is COc1ccc(C2=C(Nc3cccc(F)c3)C(=O)N(c3ccc(C)cc3C)C2=O)cc1. The van der Waals surface area contributed by atoms with Crippen LogP contribution in [0.5, 0.6) is 5.75 Å². The van der Waals surface area contributed by atoms with Crippen molar-refractivity contribution in [1.82, 2.24) is 0 Å². The Balaban J connectivity index is 1.83. The Morgan fingerprint density at radius 3 is 2.29 bits per heavy atom. The molecule has 0 saturated heterocycles. The van der Waals surface area contributed by atoms with E-state index in [1.165, 1.54) is 18.2 Å². The number of amides is 2. The fourth-order valence-electron chi connectivity index (χ4n) is 3.66. The maximum absolute atomic E-state index is 13.7. The van der Waals surface area contributed by atoms with E-state index in [4.69, 9.17) is 4.74 Å². The number of carbonyl (C=O) groups is 2. The lowest BCUT2D eigenvalue weighted by Gasteiger charge is -2.18. The number of imide groups is 1. The zero-order valence-electron chi connectivity index (χ0n) is 17.4. The summed E-state index contributed by atoms with van der Waals surface area (Å²) in [6, 6.07) is 18.2. The number of aryl methyl sites for hydroxylation is 2. The summed E-state index contributed by atoms with van der Waals surface area (Å²) in [6.07, 6.45) is 0. The highest BCUT2D eigenvalue weighted by Gasteiger charge is 2.40. The van der Waals surface area contributed by atoms with Gasteiger partial charge in [-0.1, -0.05) is 35.9 Å². The average molecular weight is 416 g/mol. The first kappa shape index (κ1) is 20.3. The van der Waals surface area contributed by atoms with Crippen molar-refractivity contribution in [2.24, 2.45) is 0 Å². The predicted octanol–water partition coefficient (Wildman–Crippen LogP) is 4.85. The Bertz CT molecular complexity index is 1220. The van der Waals surface area contributed by atoms with Crippen LogP contribution in [0.25, 0.3) is 5.57 Å². The minimum atomic E-state index is -0.493. The molecule has 0 radical (unpaired) electrons. The van der Waals surface area contributed by atoms with Gasteiger partial charge < -0.3 is 10.1 Å². The molecule has 0 bridgehead atoms. The Morgan fingerprint density at radius 1 is 0.903 bits per heavy atom. The molecule has 4 rings (SSSR count). The average Bonchev–Trinajstić information content (AvgIpc) is 2.98. The molecule has 0 unspecified atom stereocenters. The Kier molecular flexibility index (Phi) is 5.29. The van der Waals surface area contributed by atoms with Crippen LogP contribution < -0.4 is 15.0 Å². The molecule has 31 heavy (non-hydrogen) atoms. The molecule has 0 spiro atoms. The van der Waals surface area contributed by atoms with Crippen LogP contribution in [0.15, 0.2) is 72.4 Å². The van der Waals surface area contributed by atoms with Crippen LogP contribution in [0, 0.1) is 19.7 Å². The summed E-state index contributed by atoms with van der Waals surface area (Å²) >= 11 is 0. The maximum atomic E-state index is 13.7. The van der Waals surface area contributed by atoms with Crippen molar-refractivity contribution >= 4 is 28.8 Å². The number of benzene rings is 3. The third-order valence-corrected chi connectivity index (χ3v) is 5.15. The molecule has 0 fully saturated rings. The summed E-state index contributed by atoms with van der Waals surface area (Å²) in [5.41, 5.74) is 3.61. The van der Waals surface area contributed by atoms with Gasteiger partial charge in [0.15, 0.2) is 0 Å². The van der Waals surface area contributed by atoms with Crippen LogP contribution >= 0.6 is 0 Å². The summed E-state index contributed by atoms with van der Waals surface area (Å²) < 4.78 is 18.9. The van der Waals surface area contributed by atoms with E-state index in [1.54, 1.807) is 43.5 Å². The molecule has 0 saturated carbocycles. The van der Waals surface area contributed by atoms with E-state index >= 15 is 0 Å². The molecule has 0 aromatic heterocycles. The number of nitrogens with zero attached hydrogens (tertiary/aromatic N) is 1. The minimum absolute atomic E-state index is 0.0979. The second-order valence-corrected chi connectivity index (χ2v) is 7.35. The molecular formula is C25H21FN2O3. The van der Waals surface area contributed by atoms with Gasteiger partial charge in [0.05, 0.1) is 18.4 Å². The van der Waals surface area contributed by atoms with Gasteiger partial charge in [0.25, 0.3) is 11.8 Å². The van der Waals surface area contributed by atoms with Gasteiger partial charge in [0, 0.05) is 5.69 Å². The summed E-state index contributed by atoms with van der Waals surface area (Å²) in [6.45, 7) is 3.80. The zero-order chi connectivity index (χ0) is 22.1. The van der Waals surface area contributed by atoms with Crippen molar-refractivity contribution in [2.45, 2.75) is 13.8 Å². The third-order valence-electron chi connectivity index (χ3n) is 5.15. The van der Waals surface area contributed by atoms with Crippen LogP contribution in [0.1, 0.15) is 16.7 Å². The van der Waals surface area contributed by atoms with E-state index in [0.717, 1.165) is 16.0 Å². The molecule has 3 aromatic rings. The van der Waals surface area contributed by atoms with Gasteiger partial charge in [-0.05, 0) is 61.4 Å². The topological polar surface area (TPSA) is 58.6 Å². The predicted molar refractivity (Wildman–Crippen MR) is 118 cm³/mol. The van der Waals surface area contributed by atoms with Crippen LogP contribution in [-0.2, 0) is 9.59 Å². The molecular weight excluding hydrogens is 395 g/mol. The molecule has 6 heteroatoms. The quantitative estimate of drug-likeness (QED) is 0.604. The third kappa shape index (κ3) is 3.80.